The quantitative estimate of drug-likeness (QED) is 0.339. The van der Waals surface area contributed by atoms with Gasteiger partial charge in [0, 0.05) is 0 Å². The Bertz CT molecular complexity index is 859. The molecule has 0 spiro atoms. The van der Waals surface area contributed by atoms with Gasteiger partial charge in [-0.15, -0.1) is 0 Å². The van der Waals surface area contributed by atoms with Crippen molar-refractivity contribution in [3.63, 3.8) is 0 Å². The van der Waals surface area contributed by atoms with E-state index < -0.39 is 34.9 Å². The van der Waals surface area contributed by atoms with Gasteiger partial charge in [-0.3, -0.25) is 4.79 Å². The third kappa shape index (κ3) is 4.46. The zero-order chi connectivity index (χ0) is 20.3. The molecule has 1 aromatic carbocycles. The largest absolute Gasteiger partial charge is 0.390 e. The zero-order valence-corrected chi connectivity index (χ0v) is 15.0. The van der Waals surface area contributed by atoms with Crippen molar-refractivity contribution < 1.29 is 26.7 Å². The predicted molar refractivity (Wildman–Crippen MR) is 93.2 cm³/mol. The molecule has 0 atom stereocenters. The Balaban J connectivity index is 2.70. The van der Waals surface area contributed by atoms with Crippen LogP contribution in [0.4, 0.5) is 32.6 Å². The summed E-state index contributed by atoms with van der Waals surface area (Å²) in [4.78, 5) is 16.1. The second-order valence-electron chi connectivity index (χ2n) is 5.65. The molecule has 1 aromatic heterocycles. The number of aromatic nitrogens is 2. The number of aliphatic imine (C=N–C) groups is 1. The van der Waals surface area contributed by atoms with Crippen LogP contribution in [0, 0.1) is 17.5 Å². The van der Waals surface area contributed by atoms with Gasteiger partial charge < -0.3 is 5.73 Å². The number of carbonyl (C=O) groups is 1. The Kier molecular flexibility index (Phi) is 6.58. The lowest BCUT2D eigenvalue weighted by Gasteiger charge is -2.08. The lowest BCUT2D eigenvalue weighted by molar-refractivity contribution is 0.176. The first-order valence-electron chi connectivity index (χ1n) is 7.64. The van der Waals surface area contributed by atoms with Gasteiger partial charge in [0.05, 0.1) is 23.3 Å². The zero-order valence-electron chi connectivity index (χ0n) is 14.2. The number of hydrogen-bond donors (Lipinski definition) is 1. The molecule has 1 heterocycles. The molecule has 0 amide bonds. The van der Waals surface area contributed by atoms with Crippen LogP contribution in [0.25, 0.3) is 11.1 Å². The first-order valence-corrected chi connectivity index (χ1v) is 8.63. The van der Waals surface area contributed by atoms with Crippen molar-refractivity contribution >= 4 is 29.2 Å². The summed E-state index contributed by atoms with van der Waals surface area (Å²) in [5.41, 5.74) is 5.44. The Morgan fingerprint density at radius 1 is 1.30 bits per heavy atom. The van der Waals surface area contributed by atoms with Gasteiger partial charge in [-0.05, 0) is 23.6 Å². The van der Waals surface area contributed by atoms with E-state index in [9.17, 15) is 26.7 Å². The fourth-order valence-corrected chi connectivity index (χ4v) is 2.84. The van der Waals surface area contributed by atoms with Crippen molar-refractivity contribution in [1.82, 2.24) is 9.78 Å². The summed E-state index contributed by atoms with van der Waals surface area (Å²) in [5, 5.41) is 3.19. The van der Waals surface area contributed by atoms with Gasteiger partial charge in [-0.25, -0.2) is 26.9 Å². The Morgan fingerprint density at radius 3 is 2.37 bits per heavy atom. The van der Waals surface area contributed by atoms with E-state index in [1.807, 2.05) is 0 Å². The van der Waals surface area contributed by atoms with Crippen LogP contribution >= 0.6 is 11.8 Å². The maximum Gasteiger partial charge on any atom is 0.308 e. The van der Waals surface area contributed by atoms with Gasteiger partial charge in [0.15, 0.2) is 23.3 Å². The molecule has 2 aromatic rings. The van der Waals surface area contributed by atoms with E-state index in [1.165, 1.54) is 0 Å². The van der Waals surface area contributed by atoms with Gasteiger partial charge >= 0.3 is 5.24 Å². The molecule has 0 unspecified atom stereocenters. The molecular weight excluding hydrogens is 391 g/mol. The highest BCUT2D eigenvalue weighted by Gasteiger charge is 2.26. The minimum Gasteiger partial charge on any atom is -0.390 e. The van der Waals surface area contributed by atoms with Crippen LogP contribution in [-0.4, -0.2) is 33.5 Å². The standard InChI is InChI=1S/C16H15F5N4OS/c1-7(2)14-12(8-3-9(17)13(21)10(18)4-8)15(23-6-22)25(24-14)16(26)27-5-11(19)20/h3-4,6-7,11H,5H2,1-2H3,(H2,22,23). The van der Waals surface area contributed by atoms with Crippen LogP contribution in [0.5, 0.6) is 0 Å². The molecule has 27 heavy (non-hydrogen) atoms. The topological polar surface area (TPSA) is 73.3 Å². The van der Waals surface area contributed by atoms with Crippen molar-refractivity contribution in [2.24, 2.45) is 10.7 Å². The van der Waals surface area contributed by atoms with Crippen LogP contribution in [0.15, 0.2) is 17.1 Å². The first-order chi connectivity index (χ1) is 12.7. The number of carbonyl (C=O) groups excluding carboxylic acids is 1. The maximum atomic E-state index is 13.7. The Labute approximate surface area is 155 Å². The minimum atomic E-state index is -2.72. The second-order valence-corrected chi connectivity index (χ2v) is 6.62. The molecule has 11 heteroatoms. The van der Waals surface area contributed by atoms with Crippen LogP contribution in [-0.2, 0) is 0 Å². The minimum absolute atomic E-state index is 0.0514. The fourth-order valence-electron chi connectivity index (χ4n) is 2.32. The van der Waals surface area contributed by atoms with E-state index >= 15 is 0 Å². The lowest BCUT2D eigenvalue weighted by Crippen LogP contribution is -2.10. The predicted octanol–water partition coefficient (Wildman–Crippen LogP) is 4.68. The van der Waals surface area contributed by atoms with Gasteiger partial charge in [0.1, 0.15) is 0 Å². The van der Waals surface area contributed by atoms with Gasteiger partial charge in [-0.2, -0.15) is 9.78 Å². The van der Waals surface area contributed by atoms with Gasteiger partial charge in [-0.1, -0.05) is 25.6 Å². The SMILES string of the molecule is CC(C)c1nn(C(=O)SCC(F)F)c(/N=C\N)c1-c1cc(F)c(F)c(F)c1. The van der Waals surface area contributed by atoms with E-state index in [0.29, 0.717) is 11.8 Å². The number of thioether (sulfide) groups is 1. The fraction of sp³-hybridized carbons (Fsp3) is 0.312. The average Bonchev–Trinajstić information content (AvgIpc) is 2.97. The van der Waals surface area contributed by atoms with E-state index in [4.69, 9.17) is 5.73 Å². The summed E-state index contributed by atoms with van der Waals surface area (Å²) < 4.78 is 66.2. The molecule has 0 aliphatic carbocycles. The molecule has 2 rings (SSSR count). The van der Waals surface area contributed by atoms with Crippen molar-refractivity contribution in [2.75, 3.05) is 5.75 Å². The van der Waals surface area contributed by atoms with Crippen molar-refractivity contribution in [3.05, 3.63) is 35.3 Å². The smallest absolute Gasteiger partial charge is 0.308 e. The molecule has 0 fully saturated rings. The van der Waals surface area contributed by atoms with E-state index in [0.717, 1.165) is 23.2 Å². The molecule has 146 valence electrons. The van der Waals surface area contributed by atoms with Crippen LogP contribution in [0.2, 0.25) is 0 Å². The van der Waals surface area contributed by atoms with Gasteiger partial charge in [0.2, 0.25) is 6.43 Å². The third-order valence-electron chi connectivity index (χ3n) is 3.41. The summed E-state index contributed by atoms with van der Waals surface area (Å²) in [6.07, 6.45) is -1.90. The third-order valence-corrected chi connectivity index (χ3v) is 4.25. The molecule has 0 radical (unpaired) electrons. The monoisotopic (exact) mass is 406 g/mol. The average molecular weight is 406 g/mol. The van der Waals surface area contributed by atoms with E-state index in [1.54, 1.807) is 13.8 Å². The second kappa shape index (κ2) is 8.51. The summed E-state index contributed by atoms with van der Waals surface area (Å²) >= 11 is 0.304. The highest BCUT2D eigenvalue weighted by molar-refractivity contribution is 8.13. The summed E-state index contributed by atoms with van der Waals surface area (Å²) in [6, 6.07) is 1.47. The van der Waals surface area contributed by atoms with Crippen molar-refractivity contribution in [3.8, 4) is 11.1 Å². The number of alkyl halides is 2. The van der Waals surface area contributed by atoms with Crippen LogP contribution < -0.4 is 5.73 Å². The Morgan fingerprint density at radius 2 is 1.89 bits per heavy atom. The molecular formula is C16H15F5N4OS. The lowest BCUT2D eigenvalue weighted by atomic mass is 9.99. The van der Waals surface area contributed by atoms with Crippen LogP contribution in [0.1, 0.15) is 25.5 Å². The van der Waals surface area contributed by atoms with Crippen molar-refractivity contribution in [2.45, 2.75) is 26.2 Å². The normalized spacial score (nSPS) is 11.9. The maximum absolute atomic E-state index is 13.7. The molecule has 5 nitrogen and oxygen atoms in total. The number of hydrogen-bond acceptors (Lipinski definition) is 4. The molecule has 0 aliphatic rings. The number of halogens is 5. The number of benzene rings is 1. The van der Waals surface area contributed by atoms with E-state index in [2.05, 4.69) is 10.1 Å². The van der Waals surface area contributed by atoms with Crippen molar-refractivity contribution in [1.29, 1.82) is 0 Å². The summed E-state index contributed by atoms with van der Waals surface area (Å²) in [7, 11) is 0. The molecule has 0 bridgehead atoms. The molecule has 0 saturated heterocycles. The van der Waals surface area contributed by atoms with E-state index in [-0.39, 0.29) is 28.6 Å². The highest BCUT2D eigenvalue weighted by atomic mass is 32.2. The Hall–Kier alpha value is -2.43. The van der Waals surface area contributed by atoms with Crippen LogP contribution in [0.3, 0.4) is 0 Å². The summed E-state index contributed by atoms with van der Waals surface area (Å²) in [5.74, 6) is -5.82. The highest BCUT2D eigenvalue weighted by Crippen LogP contribution is 2.39. The molecule has 2 N–H and O–H groups in total. The van der Waals surface area contributed by atoms with Gasteiger partial charge in [0.25, 0.3) is 0 Å². The summed E-state index contributed by atoms with van der Waals surface area (Å²) in [6.45, 7) is 3.39. The molecule has 0 aliphatic heterocycles. The number of nitrogens with zero attached hydrogens (tertiary/aromatic N) is 3. The number of rotatable bonds is 5. The number of nitrogens with two attached hydrogens (primary N) is 1. The molecule has 0 saturated carbocycles. The first kappa shape index (κ1) is 20.9.